The molecular formula is C10H18ClNS. The average molecular weight is 220 g/mol. The van der Waals surface area contributed by atoms with Gasteiger partial charge in [0.1, 0.15) is 0 Å². The second kappa shape index (κ2) is 5.94. The van der Waals surface area contributed by atoms with E-state index in [1.807, 2.05) is 11.8 Å². The van der Waals surface area contributed by atoms with Crippen LogP contribution in [0.3, 0.4) is 0 Å². The molecule has 1 saturated heterocycles. The Morgan fingerprint density at radius 3 is 3.00 bits per heavy atom. The summed E-state index contributed by atoms with van der Waals surface area (Å²) in [7, 11) is 0. The van der Waals surface area contributed by atoms with Gasteiger partial charge in [-0.2, -0.15) is 11.8 Å². The molecular weight excluding hydrogens is 202 g/mol. The summed E-state index contributed by atoms with van der Waals surface area (Å²) < 4.78 is 0. The van der Waals surface area contributed by atoms with Crippen LogP contribution >= 0.6 is 23.4 Å². The summed E-state index contributed by atoms with van der Waals surface area (Å²) in [6.45, 7) is 6.96. The molecule has 1 unspecified atom stereocenters. The fourth-order valence-electron chi connectivity index (χ4n) is 1.76. The first-order valence-electron chi connectivity index (χ1n) is 4.81. The number of likely N-dealkylation sites (tertiary alicyclic amines) is 1. The van der Waals surface area contributed by atoms with Crippen molar-refractivity contribution < 1.29 is 0 Å². The molecule has 1 heterocycles. The number of nitrogens with zero attached hydrogens (tertiary/aromatic N) is 1. The van der Waals surface area contributed by atoms with Gasteiger partial charge in [-0.3, -0.25) is 4.90 Å². The van der Waals surface area contributed by atoms with Crippen LogP contribution in [0.15, 0.2) is 11.6 Å². The van der Waals surface area contributed by atoms with Crippen molar-refractivity contribution in [3.63, 3.8) is 0 Å². The molecule has 0 aromatic rings. The third-order valence-corrected chi connectivity index (χ3v) is 3.61. The highest BCUT2D eigenvalue weighted by Gasteiger charge is 2.16. The standard InChI is InChI=1S/C10H18ClNS/c1-9(11)7-12-6-4-3-5-10(8-12)13-2/h10H,1,3-8H2,2H3. The molecule has 1 fully saturated rings. The quantitative estimate of drug-likeness (QED) is 0.718. The SMILES string of the molecule is C=C(Cl)CN1CCCCC(SC)C1. The monoisotopic (exact) mass is 219 g/mol. The van der Waals surface area contributed by atoms with Crippen LogP contribution in [0.2, 0.25) is 0 Å². The van der Waals surface area contributed by atoms with E-state index < -0.39 is 0 Å². The number of thioether (sulfide) groups is 1. The van der Waals surface area contributed by atoms with Gasteiger partial charge in [-0.15, -0.1) is 0 Å². The van der Waals surface area contributed by atoms with Gasteiger partial charge < -0.3 is 0 Å². The van der Waals surface area contributed by atoms with E-state index in [2.05, 4.69) is 17.7 Å². The van der Waals surface area contributed by atoms with Crippen LogP contribution in [-0.2, 0) is 0 Å². The van der Waals surface area contributed by atoms with Crippen molar-refractivity contribution in [2.24, 2.45) is 0 Å². The molecule has 1 aliphatic rings. The lowest BCUT2D eigenvalue weighted by Gasteiger charge is -2.22. The van der Waals surface area contributed by atoms with Gasteiger partial charge in [-0.25, -0.2) is 0 Å². The second-order valence-corrected chi connectivity index (χ2v) is 5.28. The molecule has 0 N–H and O–H groups in total. The van der Waals surface area contributed by atoms with E-state index in [0.29, 0.717) is 0 Å². The molecule has 0 saturated carbocycles. The molecule has 1 rings (SSSR count). The molecule has 0 aliphatic carbocycles. The van der Waals surface area contributed by atoms with Crippen LogP contribution in [0, 0.1) is 0 Å². The summed E-state index contributed by atoms with van der Waals surface area (Å²) in [6.07, 6.45) is 6.22. The number of hydrogen-bond donors (Lipinski definition) is 0. The zero-order valence-corrected chi connectivity index (χ0v) is 9.83. The second-order valence-electron chi connectivity index (χ2n) is 3.61. The zero-order valence-electron chi connectivity index (χ0n) is 8.26. The van der Waals surface area contributed by atoms with Gasteiger partial charge in [0.2, 0.25) is 0 Å². The van der Waals surface area contributed by atoms with Gasteiger partial charge in [-0.1, -0.05) is 24.6 Å². The summed E-state index contributed by atoms with van der Waals surface area (Å²) in [5, 5.41) is 1.56. The lowest BCUT2D eigenvalue weighted by atomic mass is 10.2. The topological polar surface area (TPSA) is 3.24 Å². The molecule has 3 heteroatoms. The Morgan fingerprint density at radius 1 is 1.62 bits per heavy atom. The number of rotatable bonds is 3. The van der Waals surface area contributed by atoms with Crippen LogP contribution in [0.1, 0.15) is 19.3 Å². The predicted octanol–water partition coefficient (Wildman–Crippen LogP) is 2.96. The van der Waals surface area contributed by atoms with Gasteiger partial charge in [-0.05, 0) is 25.6 Å². The Balaban J connectivity index is 2.39. The van der Waals surface area contributed by atoms with Crippen molar-refractivity contribution >= 4 is 23.4 Å². The molecule has 0 amide bonds. The van der Waals surface area contributed by atoms with Gasteiger partial charge in [0, 0.05) is 23.4 Å². The Morgan fingerprint density at radius 2 is 2.38 bits per heavy atom. The van der Waals surface area contributed by atoms with E-state index in [1.54, 1.807) is 0 Å². The van der Waals surface area contributed by atoms with Gasteiger partial charge in [0.25, 0.3) is 0 Å². The van der Waals surface area contributed by atoms with Crippen LogP contribution in [0.4, 0.5) is 0 Å². The molecule has 0 aromatic carbocycles. The van der Waals surface area contributed by atoms with E-state index in [0.717, 1.165) is 16.8 Å². The molecule has 1 atom stereocenters. The van der Waals surface area contributed by atoms with Crippen molar-refractivity contribution in [3.05, 3.63) is 11.6 Å². The molecule has 76 valence electrons. The minimum absolute atomic E-state index is 0.766. The van der Waals surface area contributed by atoms with E-state index in [9.17, 15) is 0 Å². The first-order valence-corrected chi connectivity index (χ1v) is 6.47. The zero-order chi connectivity index (χ0) is 9.68. The summed E-state index contributed by atoms with van der Waals surface area (Å²) in [6, 6.07) is 0. The minimum Gasteiger partial charge on any atom is -0.297 e. The first kappa shape index (κ1) is 11.4. The molecule has 0 bridgehead atoms. The Kier molecular flexibility index (Phi) is 5.22. The summed E-state index contributed by atoms with van der Waals surface area (Å²) in [5.74, 6) is 0. The Hall–Kier alpha value is 0.340. The summed E-state index contributed by atoms with van der Waals surface area (Å²) in [5.41, 5.74) is 0. The van der Waals surface area contributed by atoms with Crippen molar-refractivity contribution in [2.45, 2.75) is 24.5 Å². The highest BCUT2D eigenvalue weighted by atomic mass is 35.5. The molecule has 1 nitrogen and oxygen atoms in total. The van der Waals surface area contributed by atoms with Crippen molar-refractivity contribution in [1.29, 1.82) is 0 Å². The highest BCUT2D eigenvalue weighted by Crippen LogP contribution is 2.20. The maximum atomic E-state index is 5.81. The summed E-state index contributed by atoms with van der Waals surface area (Å²) >= 11 is 7.79. The first-order chi connectivity index (χ1) is 6.22. The lowest BCUT2D eigenvalue weighted by molar-refractivity contribution is 0.317. The third kappa shape index (κ3) is 4.39. The van der Waals surface area contributed by atoms with Crippen molar-refractivity contribution in [1.82, 2.24) is 4.90 Å². The van der Waals surface area contributed by atoms with Crippen molar-refractivity contribution in [3.8, 4) is 0 Å². The van der Waals surface area contributed by atoms with E-state index >= 15 is 0 Å². The van der Waals surface area contributed by atoms with Crippen molar-refractivity contribution in [2.75, 3.05) is 25.9 Å². The smallest absolute Gasteiger partial charge is 0.0336 e. The maximum absolute atomic E-state index is 5.81. The van der Waals surface area contributed by atoms with Crippen LogP contribution in [0.25, 0.3) is 0 Å². The van der Waals surface area contributed by atoms with E-state index in [-0.39, 0.29) is 0 Å². The predicted molar refractivity (Wildman–Crippen MR) is 62.6 cm³/mol. The highest BCUT2D eigenvalue weighted by molar-refractivity contribution is 7.99. The maximum Gasteiger partial charge on any atom is 0.0336 e. The normalized spacial score (nSPS) is 25.5. The number of hydrogen-bond acceptors (Lipinski definition) is 2. The third-order valence-electron chi connectivity index (χ3n) is 2.44. The Labute approximate surface area is 90.5 Å². The molecule has 1 aliphatic heterocycles. The largest absolute Gasteiger partial charge is 0.297 e. The number of halogens is 1. The van der Waals surface area contributed by atoms with Gasteiger partial charge in [0.15, 0.2) is 0 Å². The van der Waals surface area contributed by atoms with Gasteiger partial charge in [0.05, 0.1) is 0 Å². The fourth-order valence-corrected chi connectivity index (χ4v) is 2.69. The fraction of sp³-hybridized carbons (Fsp3) is 0.800. The van der Waals surface area contributed by atoms with E-state index in [1.165, 1.54) is 32.4 Å². The molecule has 0 radical (unpaired) electrons. The average Bonchev–Trinajstić information content (AvgIpc) is 2.28. The lowest BCUT2D eigenvalue weighted by Crippen LogP contribution is -2.30. The van der Waals surface area contributed by atoms with Crippen LogP contribution < -0.4 is 0 Å². The molecule has 0 spiro atoms. The Bertz CT molecular complexity index is 172. The van der Waals surface area contributed by atoms with Crippen LogP contribution in [0.5, 0.6) is 0 Å². The van der Waals surface area contributed by atoms with Crippen LogP contribution in [-0.4, -0.2) is 36.0 Å². The summed E-state index contributed by atoms with van der Waals surface area (Å²) in [4.78, 5) is 2.42. The molecule has 13 heavy (non-hydrogen) atoms. The molecule has 0 aromatic heterocycles. The van der Waals surface area contributed by atoms with Gasteiger partial charge >= 0.3 is 0 Å². The van der Waals surface area contributed by atoms with E-state index in [4.69, 9.17) is 11.6 Å². The minimum atomic E-state index is 0.766.